The topological polar surface area (TPSA) is 113 Å². The summed E-state index contributed by atoms with van der Waals surface area (Å²) in [5.41, 5.74) is 3.22. The van der Waals surface area contributed by atoms with Gasteiger partial charge in [0.1, 0.15) is 11.6 Å². The minimum absolute atomic E-state index is 0.0928. The summed E-state index contributed by atoms with van der Waals surface area (Å²) in [7, 11) is 1.87. The molecule has 1 aliphatic rings. The SMILES string of the molecule is Cc1cc(Nc2nccc(-c3cc4n5c(nnc5c3)[C@H](Cn3cc(Cl)cn3)CCO4)n2)n(C)n1. The molecule has 0 aliphatic carbocycles. The number of nitrogens with one attached hydrogen (secondary N) is 1. The monoisotopic (exact) mass is 476 g/mol. The maximum Gasteiger partial charge on any atom is 0.228 e. The zero-order valence-corrected chi connectivity index (χ0v) is 19.3. The van der Waals surface area contributed by atoms with Crippen LogP contribution in [0.25, 0.3) is 16.9 Å². The van der Waals surface area contributed by atoms with Crippen LogP contribution >= 0.6 is 11.6 Å². The highest BCUT2D eigenvalue weighted by Gasteiger charge is 2.25. The Bertz CT molecular complexity index is 1500. The Morgan fingerprint density at radius 3 is 2.94 bits per heavy atom. The first-order chi connectivity index (χ1) is 16.5. The van der Waals surface area contributed by atoms with E-state index in [9.17, 15) is 0 Å². The predicted molar refractivity (Wildman–Crippen MR) is 125 cm³/mol. The van der Waals surface area contributed by atoms with Crippen molar-refractivity contribution in [1.29, 1.82) is 0 Å². The van der Waals surface area contributed by atoms with Crippen LogP contribution in [-0.4, -0.2) is 50.7 Å². The van der Waals surface area contributed by atoms with Crippen LogP contribution in [0.1, 0.15) is 23.9 Å². The molecular formula is C22H21ClN10O. The van der Waals surface area contributed by atoms with Gasteiger partial charge in [-0.05, 0) is 25.5 Å². The fraction of sp³-hybridized carbons (Fsp3) is 0.273. The van der Waals surface area contributed by atoms with Gasteiger partial charge in [0.05, 0.1) is 35.8 Å². The van der Waals surface area contributed by atoms with Gasteiger partial charge in [-0.15, -0.1) is 10.2 Å². The van der Waals surface area contributed by atoms with Crippen LogP contribution in [0.5, 0.6) is 5.88 Å². The van der Waals surface area contributed by atoms with Gasteiger partial charge in [-0.25, -0.2) is 14.4 Å². The van der Waals surface area contributed by atoms with Gasteiger partial charge in [-0.3, -0.25) is 9.36 Å². The second-order valence-electron chi connectivity index (χ2n) is 8.23. The molecule has 6 rings (SSSR count). The lowest BCUT2D eigenvalue weighted by Crippen LogP contribution is -2.13. The van der Waals surface area contributed by atoms with Crippen LogP contribution in [0.15, 0.2) is 42.9 Å². The number of rotatable bonds is 5. The number of pyridine rings is 1. The van der Waals surface area contributed by atoms with E-state index in [1.54, 1.807) is 17.1 Å². The van der Waals surface area contributed by atoms with Crippen molar-refractivity contribution in [3.05, 3.63) is 59.4 Å². The maximum atomic E-state index is 6.12. The lowest BCUT2D eigenvalue weighted by molar-refractivity contribution is 0.291. The van der Waals surface area contributed by atoms with Crippen LogP contribution in [0, 0.1) is 6.92 Å². The van der Waals surface area contributed by atoms with Crippen molar-refractivity contribution in [2.45, 2.75) is 25.8 Å². The van der Waals surface area contributed by atoms with Gasteiger partial charge < -0.3 is 10.1 Å². The third-order valence-corrected chi connectivity index (χ3v) is 5.98. The van der Waals surface area contributed by atoms with Crippen molar-refractivity contribution in [2.75, 3.05) is 11.9 Å². The Balaban J connectivity index is 1.34. The summed E-state index contributed by atoms with van der Waals surface area (Å²) < 4.78 is 11.7. The lowest BCUT2D eigenvalue weighted by Gasteiger charge is -2.12. The largest absolute Gasteiger partial charge is 0.478 e. The molecule has 34 heavy (non-hydrogen) atoms. The molecule has 0 amide bonds. The van der Waals surface area contributed by atoms with Gasteiger partial charge >= 0.3 is 0 Å². The predicted octanol–water partition coefficient (Wildman–Crippen LogP) is 3.39. The van der Waals surface area contributed by atoms with Gasteiger partial charge in [-0.1, -0.05) is 11.6 Å². The van der Waals surface area contributed by atoms with E-state index in [1.165, 1.54) is 0 Å². The molecule has 172 valence electrons. The second kappa shape index (κ2) is 8.10. The van der Waals surface area contributed by atoms with Crippen molar-refractivity contribution in [3.63, 3.8) is 0 Å². The summed E-state index contributed by atoms with van der Waals surface area (Å²) >= 11 is 6.03. The van der Waals surface area contributed by atoms with E-state index in [1.807, 2.05) is 53.5 Å². The van der Waals surface area contributed by atoms with E-state index in [0.29, 0.717) is 35.6 Å². The number of halogens is 1. The fourth-order valence-electron chi connectivity index (χ4n) is 4.22. The summed E-state index contributed by atoms with van der Waals surface area (Å²) in [5.74, 6) is 2.91. The fourth-order valence-corrected chi connectivity index (χ4v) is 4.38. The molecule has 0 saturated heterocycles. The molecule has 0 unspecified atom stereocenters. The van der Waals surface area contributed by atoms with Crippen LogP contribution in [0.2, 0.25) is 5.02 Å². The number of ether oxygens (including phenoxy) is 1. The number of aryl methyl sites for hydroxylation is 2. The van der Waals surface area contributed by atoms with Gasteiger partial charge in [0.2, 0.25) is 11.8 Å². The smallest absolute Gasteiger partial charge is 0.228 e. The highest BCUT2D eigenvalue weighted by atomic mass is 35.5. The highest BCUT2D eigenvalue weighted by Crippen LogP contribution is 2.32. The van der Waals surface area contributed by atoms with Crippen molar-refractivity contribution in [3.8, 4) is 17.1 Å². The zero-order chi connectivity index (χ0) is 23.2. The molecule has 6 heterocycles. The van der Waals surface area contributed by atoms with Gasteiger partial charge in [0.25, 0.3) is 0 Å². The molecule has 0 bridgehead atoms. The van der Waals surface area contributed by atoms with Gasteiger partial charge in [0.15, 0.2) is 5.65 Å². The summed E-state index contributed by atoms with van der Waals surface area (Å²) in [6.07, 6.45) is 5.95. The first-order valence-electron chi connectivity index (χ1n) is 10.8. The number of hydrogen-bond donors (Lipinski definition) is 1. The second-order valence-corrected chi connectivity index (χ2v) is 8.67. The van der Waals surface area contributed by atoms with Crippen molar-refractivity contribution >= 4 is 29.0 Å². The van der Waals surface area contributed by atoms with Crippen LogP contribution in [-0.2, 0) is 13.6 Å². The summed E-state index contributed by atoms with van der Waals surface area (Å²) in [6.45, 7) is 3.14. The van der Waals surface area contributed by atoms with Crippen LogP contribution in [0.4, 0.5) is 11.8 Å². The molecule has 1 atom stereocenters. The Labute approximate surface area is 199 Å². The summed E-state index contributed by atoms with van der Waals surface area (Å²) in [5, 5.41) is 21.4. The molecule has 0 saturated carbocycles. The normalized spacial score (nSPS) is 15.3. The molecule has 5 aromatic heterocycles. The summed E-state index contributed by atoms with van der Waals surface area (Å²) in [6, 6.07) is 7.72. The minimum atomic E-state index is 0.0928. The molecule has 0 radical (unpaired) electrons. The zero-order valence-electron chi connectivity index (χ0n) is 18.6. The average molecular weight is 477 g/mol. The molecule has 5 aromatic rings. The summed E-state index contributed by atoms with van der Waals surface area (Å²) in [4.78, 5) is 9.04. The molecule has 12 heteroatoms. The van der Waals surface area contributed by atoms with Crippen molar-refractivity contribution in [2.24, 2.45) is 7.05 Å². The number of anilines is 2. The van der Waals surface area contributed by atoms with Crippen molar-refractivity contribution < 1.29 is 4.74 Å². The number of nitrogens with zero attached hydrogens (tertiary/aromatic N) is 9. The highest BCUT2D eigenvalue weighted by molar-refractivity contribution is 6.30. The minimum Gasteiger partial charge on any atom is -0.478 e. The molecular weight excluding hydrogens is 456 g/mol. The standard InChI is InChI=1S/C22H21ClN10O/c1-13-7-18(31(2)30-13)27-22-24-5-3-17(26-22)15-8-19-28-29-21-14(11-32-12-16(23)10-25-32)4-6-34-20(9-15)33(19)21/h3,5,7-10,12,14H,4,6,11H2,1-2H3,(H,24,26,27)/t14-/m0/s1. The molecule has 0 spiro atoms. The van der Waals surface area contributed by atoms with Gasteiger partial charge in [0, 0.05) is 43.1 Å². The molecule has 11 nitrogen and oxygen atoms in total. The number of hydrogen-bond acceptors (Lipinski definition) is 8. The number of aromatic nitrogens is 9. The van der Waals surface area contributed by atoms with Crippen molar-refractivity contribution in [1.82, 2.24) is 44.1 Å². The quantitative estimate of drug-likeness (QED) is 0.410. The van der Waals surface area contributed by atoms with Crippen LogP contribution in [0.3, 0.4) is 0 Å². The van der Waals surface area contributed by atoms with E-state index in [2.05, 4.69) is 30.7 Å². The first kappa shape index (κ1) is 20.6. The Kier molecular flexibility index (Phi) is 4.91. The van der Waals surface area contributed by atoms with E-state index in [4.69, 9.17) is 21.3 Å². The third-order valence-electron chi connectivity index (χ3n) is 5.78. The third kappa shape index (κ3) is 3.73. The Morgan fingerprint density at radius 1 is 1.24 bits per heavy atom. The molecule has 0 aromatic carbocycles. The Hall–Kier alpha value is -3.99. The molecule has 0 fully saturated rings. The van der Waals surface area contributed by atoms with E-state index in [0.717, 1.165) is 35.0 Å². The maximum absolute atomic E-state index is 6.12. The first-order valence-corrected chi connectivity index (χ1v) is 11.2. The molecule has 1 aliphatic heterocycles. The van der Waals surface area contributed by atoms with E-state index < -0.39 is 0 Å². The molecule has 1 N–H and O–H groups in total. The Morgan fingerprint density at radius 2 is 2.15 bits per heavy atom. The van der Waals surface area contributed by atoms with E-state index >= 15 is 0 Å². The van der Waals surface area contributed by atoms with E-state index in [-0.39, 0.29) is 5.92 Å². The average Bonchev–Trinajstić information content (AvgIpc) is 3.48. The van der Waals surface area contributed by atoms with Crippen LogP contribution < -0.4 is 10.1 Å². The van der Waals surface area contributed by atoms with Gasteiger partial charge in [-0.2, -0.15) is 10.2 Å². The lowest BCUT2D eigenvalue weighted by atomic mass is 10.1.